The molecule has 1 unspecified atom stereocenters. The van der Waals surface area contributed by atoms with Crippen LogP contribution in [0.4, 0.5) is 0 Å². The Hall–Kier alpha value is -3.84. The Morgan fingerprint density at radius 1 is 1.05 bits per heavy atom. The van der Waals surface area contributed by atoms with Gasteiger partial charge in [-0.2, -0.15) is 0 Å². The number of pyridine rings is 2. The van der Waals surface area contributed by atoms with E-state index < -0.39 is 0 Å². The van der Waals surface area contributed by atoms with Crippen molar-refractivity contribution in [3.63, 3.8) is 0 Å². The van der Waals surface area contributed by atoms with Crippen LogP contribution in [-0.4, -0.2) is 30.3 Å². The summed E-state index contributed by atoms with van der Waals surface area (Å²) in [5, 5.41) is 3.05. The van der Waals surface area contributed by atoms with E-state index in [2.05, 4.69) is 55.1 Å². The molecule has 0 saturated heterocycles. The average Bonchev–Trinajstić information content (AvgIpc) is 3.31. The molecule has 4 aromatic rings. The fourth-order valence-electron chi connectivity index (χ4n) is 5.27. The zero-order chi connectivity index (χ0) is 25.8. The van der Waals surface area contributed by atoms with Gasteiger partial charge in [0.15, 0.2) is 0 Å². The van der Waals surface area contributed by atoms with E-state index in [1.165, 1.54) is 28.9 Å². The fourth-order valence-corrected chi connectivity index (χ4v) is 5.27. The van der Waals surface area contributed by atoms with Gasteiger partial charge in [0.05, 0.1) is 35.0 Å². The van der Waals surface area contributed by atoms with Crippen molar-refractivity contribution >= 4 is 5.91 Å². The van der Waals surface area contributed by atoms with Crippen molar-refractivity contribution in [3.8, 4) is 0 Å². The Morgan fingerprint density at radius 3 is 2.62 bits per heavy atom. The highest BCUT2D eigenvalue weighted by molar-refractivity contribution is 5.96. The van der Waals surface area contributed by atoms with Gasteiger partial charge in [0.25, 0.3) is 5.91 Å². The number of nitrogens with zero attached hydrogens (tertiary/aromatic N) is 5. The van der Waals surface area contributed by atoms with E-state index in [-0.39, 0.29) is 11.9 Å². The number of carbonyl (C=O) groups is 1. The van der Waals surface area contributed by atoms with E-state index in [9.17, 15) is 4.79 Å². The highest BCUT2D eigenvalue weighted by Gasteiger charge is 2.28. The van der Waals surface area contributed by atoms with Crippen LogP contribution in [-0.2, 0) is 33.1 Å². The Morgan fingerprint density at radius 2 is 1.86 bits per heavy atom. The molecule has 7 nitrogen and oxygen atoms in total. The van der Waals surface area contributed by atoms with Crippen LogP contribution in [0.3, 0.4) is 0 Å². The van der Waals surface area contributed by atoms with Crippen molar-refractivity contribution in [2.45, 2.75) is 58.8 Å². The summed E-state index contributed by atoms with van der Waals surface area (Å²) in [4.78, 5) is 28.7. The summed E-state index contributed by atoms with van der Waals surface area (Å²) in [6.07, 6.45) is 10.8. The standard InChI is InChI=1S/C30H34N6O/c1-21-13-15-32-22(2)28(21)30(37)34-16-23-9-11-24(12-10-23)18-36(19-26-17-31-20-35(26)3)27-8-4-6-25-7-5-14-33-29(25)27/h5,7,9-15,17,20,27H,4,6,8,16,18-19H2,1-3H3,(H,34,37). The highest BCUT2D eigenvalue weighted by Crippen LogP contribution is 2.34. The summed E-state index contributed by atoms with van der Waals surface area (Å²) in [5.41, 5.74) is 8.40. The predicted molar refractivity (Wildman–Crippen MR) is 144 cm³/mol. The molecule has 7 heteroatoms. The Labute approximate surface area is 218 Å². The van der Waals surface area contributed by atoms with Gasteiger partial charge in [0.2, 0.25) is 0 Å². The molecule has 1 N–H and O–H groups in total. The summed E-state index contributed by atoms with van der Waals surface area (Å²) >= 11 is 0. The third-order valence-corrected chi connectivity index (χ3v) is 7.33. The number of imidazole rings is 1. The molecule has 5 rings (SSSR count). The normalized spacial score (nSPS) is 15.0. The molecule has 1 atom stereocenters. The first-order valence-corrected chi connectivity index (χ1v) is 12.9. The first-order chi connectivity index (χ1) is 18.0. The minimum Gasteiger partial charge on any atom is -0.348 e. The molecule has 37 heavy (non-hydrogen) atoms. The van der Waals surface area contributed by atoms with Crippen molar-refractivity contribution < 1.29 is 4.79 Å². The number of nitrogens with one attached hydrogen (secondary N) is 1. The summed E-state index contributed by atoms with van der Waals surface area (Å²) in [5.74, 6) is -0.0852. The lowest BCUT2D eigenvalue weighted by atomic mass is 9.90. The summed E-state index contributed by atoms with van der Waals surface area (Å²) in [6.45, 7) is 5.90. The molecule has 0 fully saturated rings. The molecule has 1 aromatic carbocycles. The van der Waals surface area contributed by atoms with E-state index in [0.717, 1.165) is 42.8 Å². The van der Waals surface area contributed by atoms with Crippen LogP contribution >= 0.6 is 0 Å². The van der Waals surface area contributed by atoms with Gasteiger partial charge in [0, 0.05) is 45.3 Å². The first kappa shape index (κ1) is 24.8. The van der Waals surface area contributed by atoms with Crippen LogP contribution in [0.15, 0.2) is 67.4 Å². The molecule has 3 heterocycles. The second-order valence-electron chi connectivity index (χ2n) is 9.94. The third kappa shape index (κ3) is 5.62. The van der Waals surface area contributed by atoms with Crippen molar-refractivity contribution in [2.24, 2.45) is 7.05 Å². The molecule has 1 aliphatic carbocycles. The number of fused-ring (bicyclic) bond motifs is 1. The quantitative estimate of drug-likeness (QED) is 0.379. The summed E-state index contributed by atoms with van der Waals surface area (Å²) < 4.78 is 2.09. The van der Waals surface area contributed by atoms with Gasteiger partial charge < -0.3 is 9.88 Å². The lowest BCUT2D eigenvalue weighted by Gasteiger charge is -2.35. The number of aryl methyl sites for hydroxylation is 4. The summed E-state index contributed by atoms with van der Waals surface area (Å²) in [7, 11) is 2.05. The van der Waals surface area contributed by atoms with Crippen LogP contribution in [0.5, 0.6) is 0 Å². The molecular formula is C30H34N6O. The molecular weight excluding hydrogens is 460 g/mol. The summed E-state index contributed by atoms with van der Waals surface area (Å²) in [6, 6.07) is 14.9. The molecule has 0 radical (unpaired) electrons. The van der Waals surface area contributed by atoms with E-state index in [1.807, 2.05) is 51.7 Å². The second-order valence-corrected chi connectivity index (χ2v) is 9.94. The van der Waals surface area contributed by atoms with Crippen LogP contribution in [0.1, 0.15) is 68.6 Å². The van der Waals surface area contributed by atoms with Gasteiger partial charge in [-0.05, 0) is 67.5 Å². The van der Waals surface area contributed by atoms with Crippen molar-refractivity contribution in [3.05, 3.63) is 112 Å². The van der Waals surface area contributed by atoms with Gasteiger partial charge in [0.1, 0.15) is 0 Å². The van der Waals surface area contributed by atoms with Crippen LogP contribution in [0.25, 0.3) is 0 Å². The largest absolute Gasteiger partial charge is 0.348 e. The number of rotatable bonds is 8. The first-order valence-electron chi connectivity index (χ1n) is 12.9. The number of benzene rings is 1. The third-order valence-electron chi connectivity index (χ3n) is 7.33. The predicted octanol–water partition coefficient (Wildman–Crippen LogP) is 4.84. The Kier molecular flexibility index (Phi) is 7.42. The zero-order valence-corrected chi connectivity index (χ0v) is 21.8. The van der Waals surface area contributed by atoms with Crippen LogP contribution < -0.4 is 5.32 Å². The van der Waals surface area contributed by atoms with Gasteiger partial charge in [-0.1, -0.05) is 30.3 Å². The minimum absolute atomic E-state index is 0.0852. The SMILES string of the molecule is Cc1ccnc(C)c1C(=O)NCc1ccc(CN(Cc2cncn2C)C2CCCc3cccnc32)cc1. The van der Waals surface area contributed by atoms with E-state index in [4.69, 9.17) is 4.98 Å². The molecule has 1 amide bonds. The zero-order valence-electron chi connectivity index (χ0n) is 21.8. The lowest BCUT2D eigenvalue weighted by molar-refractivity contribution is 0.0949. The fraction of sp³-hybridized carbons (Fsp3) is 0.333. The molecule has 0 aliphatic heterocycles. The number of aromatic nitrogens is 4. The van der Waals surface area contributed by atoms with E-state index in [1.54, 1.807) is 6.20 Å². The minimum atomic E-state index is -0.0852. The maximum absolute atomic E-state index is 12.8. The van der Waals surface area contributed by atoms with Gasteiger partial charge in [-0.25, -0.2) is 4.98 Å². The molecule has 190 valence electrons. The van der Waals surface area contributed by atoms with Gasteiger partial charge >= 0.3 is 0 Å². The molecule has 0 bridgehead atoms. The number of hydrogen-bond donors (Lipinski definition) is 1. The Balaban J connectivity index is 1.30. The lowest BCUT2D eigenvalue weighted by Crippen LogP contribution is -2.32. The number of carbonyl (C=O) groups excluding carboxylic acids is 1. The van der Waals surface area contributed by atoms with Crippen LogP contribution in [0, 0.1) is 13.8 Å². The topological polar surface area (TPSA) is 75.9 Å². The molecule has 0 saturated carbocycles. The molecule has 1 aliphatic rings. The van der Waals surface area contributed by atoms with E-state index >= 15 is 0 Å². The van der Waals surface area contributed by atoms with Gasteiger partial charge in [-0.15, -0.1) is 0 Å². The van der Waals surface area contributed by atoms with Crippen molar-refractivity contribution in [1.29, 1.82) is 0 Å². The van der Waals surface area contributed by atoms with Crippen LogP contribution in [0.2, 0.25) is 0 Å². The smallest absolute Gasteiger partial charge is 0.253 e. The van der Waals surface area contributed by atoms with Crippen molar-refractivity contribution in [1.82, 2.24) is 29.7 Å². The number of hydrogen-bond acceptors (Lipinski definition) is 5. The highest BCUT2D eigenvalue weighted by atomic mass is 16.1. The van der Waals surface area contributed by atoms with Gasteiger partial charge in [-0.3, -0.25) is 19.7 Å². The molecule has 3 aromatic heterocycles. The average molecular weight is 495 g/mol. The maximum atomic E-state index is 12.8. The second kappa shape index (κ2) is 11.0. The van der Waals surface area contributed by atoms with E-state index in [0.29, 0.717) is 12.1 Å². The maximum Gasteiger partial charge on any atom is 0.253 e. The Bertz CT molecular complexity index is 1360. The van der Waals surface area contributed by atoms with Crippen molar-refractivity contribution in [2.75, 3.05) is 0 Å². The number of amides is 1. The monoisotopic (exact) mass is 494 g/mol. The molecule has 0 spiro atoms.